The summed E-state index contributed by atoms with van der Waals surface area (Å²) in [7, 11) is 0. The summed E-state index contributed by atoms with van der Waals surface area (Å²) in [6, 6.07) is 5.30. The summed E-state index contributed by atoms with van der Waals surface area (Å²) in [5, 5.41) is 10.5. The van der Waals surface area contributed by atoms with Gasteiger partial charge in [0.15, 0.2) is 0 Å². The third-order valence-corrected chi connectivity index (χ3v) is 2.47. The number of hydrogen-bond donors (Lipinski definition) is 0. The molecule has 1 aromatic carbocycles. The van der Waals surface area contributed by atoms with E-state index in [0.29, 0.717) is 6.54 Å². The monoisotopic (exact) mass is 261 g/mol. The molecule has 0 saturated heterocycles. The molecule has 1 amide bonds. The number of allylic oxidation sites excluding steroid dienone is 1. The molecule has 1 heterocycles. The number of benzene rings is 1. The fraction of sp³-hybridized carbons (Fsp3) is 0.167. The smallest absolute Gasteiger partial charge is 0.410 e. The highest BCUT2D eigenvalue weighted by molar-refractivity contribution is 5.85. The minimum Gasteiger partial charge on any atom is -0.410 e. The minimum atomic E-state index is -0.582. The van der Waals surface area contributed by atoms with Gasteiger partial charge in [-0.3, -0.25) is 15.0 Å². The summed E-state index contributed by atoms with van der Waals surface area (Å²) in [5.41, 5.74) is 0.775. The predicted molar refractivity (Wildman–Crippen MR) is 68.1 cm³/mol. The number of aliphatic imine (C=N–C) groups is 1. The number of rotatable bonds is 2. The Labute approximate surface area is 109 Å². The highest BCUT2D eigenvalue weighted by atomic mass is 16.6. The van der Waals surface area contributed by atoms with Gasteiger partial charge in [-0.1, -0.05) is 0 Å². The van der Waals surface area contributed by atoms with Crippen molar-refractivity contribution in [3.63, 3.8) is 0 Å². The van der Waals surface area contributed by atoms with E-state index in [9.17, 15) is 14.9 Å². The molecule has 0 N–H and O–H groups in total. The summed E-state index contributed by atoms with van der Waals surface area (Å²) in [4.78, 5) is 27.0. The zero-order chi connectivity index (χ0) is 13.8. The lowest BCUT2D eigenvalue weighted by Crippen LogP contribution is -2.34. The van der Waals surface area contributed by atoms with Crippen molar-refractivity contribution in [2.75, 3.05) is 6.54 Å². The van der Waals surface area contributed by atoms with E-state index in [1.165, 1.54) is 35.5 Å². The van der Waals surface area contributed by atoms with E-state index in [1.54, 1.807) is 6.08 Å². The molecule has 2 rings (SSSR count). The number of nitro benzene ring substituents is 1. The molecule has 0 radical (unpaired) electrons. The molecule has 19 heavy (non-hydrogen) atoms. The van der Waals surface area contributed by atoms with Gasteiger partial charge < -0.3 is 4.74 Å². The van der Waals surface area contributed by atoms with Crippen LogP contribution in [0, 0.1) is 10.1 Å². The Balaban J connectivity index is 1.99. The Kier molecular flexibility index (Phi) is 3.56. The molecule has 0 spiro atoms. The molecule has 1 aliphatic rings. The van der Waals surface area contributed by atoms with Gasteiger partial charge in [0.2, 0.25) is 0 Å². The van der Waals surface area contributed by atoms with Crippen molar-refractivity contribution in [1.29, 1.82) is 0 Å². The number of ether oxygens (including phenoxy) is 1. The van der Waals surface area contributed by atoms with Crippen LogP contribution in [0.25, 0.3) is 0 Å². The van der Waals surface area contributed by atoms with Gasteiger partial charge in [0, 0.05) is 17.8 Å². The second-order valence-corrected chi connectivity index (χ2v) is 3.86. The van der Waals surface area contributed by atoms with E-state index < -0.39 is 11.0 Å². The third kappa shape index (κ3) is 3.15. The summed E-state index contributed by atoms with van der Waals surface area (Å²) >= 11 is 0. The Hall–Kier alpha value is -2.70. The zero-order valence-electron chi connectivity index (χ0n) is 10.1. The van der Waals surface area contributed by atoms with E-state index >= 15 is 0 Å². The van der Waals surface area contributed by atoms with Crippen LogP contribution in [0.4, 0.5) is 10.5 Å². The lowest BCUT2D eigenvalue weighted by molar-refractivity contribution is -0.384. The lowest BCUT2D eigenvalue weighted by Gasteiger charge is -2.18. The highest BCUT2D eigenvalue weighted by Crippen LogP contribution is 2.18. The van der Waals surface area contributed by atoms with Crippen LogP contribution < -0.4 is 4.74 Å². The lowest BCUT2D eigenvalue weighted by atomic mass is 10.3. The fourth-order valence-corrected chi connectivity index (χ4v) is 1.41. The maximum atomic E-state index is 11.7. The molecule has 0 bridgehead atoms. The number of non-ortho nitro benzene ring substituents is 1. The molecule has 1 aliphatic heterocycles. The molecule has 0 saturated carbocycles. The standard InChI is InChI=1S/C12H11N3O4/c1-9-6-7-14(8-13-9)12(16)19-11-4-2-10(3-5-11)15(17)18/h2-6,8H,7H2,1H3. The molecule has 0 atom stereocenters. The van der Waals surface area contributed by atoms with Crippen LogP contribution >= 0.6 is 0 Å². The van der Waals surface area contributed by atoms with Gasteiger partial charge in [0.25, 0.3) is 5.69 Å². The Morgan fingerprint density at radius 3 is 2.63 bits per heavy atom. The minimum absolute atomic E-state index is 0.0575. The number of amides is 1. The second-order valence-electron chi connectivity index (χ2n) is 3.86. The topological polar surface area (TPSA) is 85.0 Å². The first-order valence-corrected chi connectivity index (χ1v) is 5.50. The quantitative estimate of drug-likeness (QED) is 0.604. The van der Waals surface area contributed by atoms with Crippen molar-refractivity contribution in [1.82, 2.24) is 4.90 Å². The van der Waals surface area contributed by atoms with Crippen LogP contribution in [0.15, 0.2) is 41.0 Å². The van der Waals surface area contributed by atoms with E-state index in [1.807, 2.05) is 6.92 Å². The maximum absolute atomic E-state index is 11.7. The van der Waals surface area contributed by atoms with E-state index in [2.05, 4.69) is 4.99 Å². The average Bonchev–Trinajstić information content (AvgIpc) is 2.40. The Morgan fingerprint density at radius 1 is 1.42 bits per heavy atom. The van der Waals surface area contributed by atoms with Crippen LogP contribution in [-0.4, -0.2) is 28.8 Å². The molecule has 7 nitrogen and oxygen atoms in total. The summed E-state index contributed by atoms with van der Waals surface area (Å²) in [6.07, 6.45) is 2.60. The van der Waals surface area contributed by atoms with Gasteiger partial charge in [-0.15, -0.1) is 0 Å². The zero-order valence-corrected chi connectivity index (χ0v) is 10.1. The van der Waals surface area contributed by atoms with Gasteiger partial charge in [-0.2, -0.15) is 0 Å². The van der Waals surface area contributed by atoms with Crippen molar-refractivity contribution in [3.8, 4) is 5.75 Å². The summed E-state index contributed by atoms with van der Waals surface area (Å²) < 4.78 is 5.07. The fourth-order valence-electron chi connectivity index (χ4n) is 1.41. The van der Waals surface area contributed by atoms with E-state index in [-0.39, 0.29) is 11.4 Å². The van der Waals surface area contributed by atoms with Gasteiger partial charge in [-0.25, -0.2) is 9.79 Å². The van der Waals surface area contributed by atoms with Crippen molar-refractivity contribution >= 4 is 18.1 Å². The molecule has 7 heteroatoms. The molecule has 0 unspecified atom stereocenters. The maximum Gasteiger partial charge on any atom is 0.420 e. The van der Waals surface area contributed by atoms with E-state index in [0.717, 1.165) is 5.70 Å². The molecule has 0 aromatic heterocycles. The molecule has 98 valence electrons. The summed E-state index contributed by atoms with van der Waals surface area (Å²) in [6.45, 7) is 2.22. The van der Waals surface area contributed by atoms with E-state index in [4.69, 9.17) is 4.74 Å². The molecule has 0 aliphatic carbocycles. The molecular formula is C12H11N3O4. The van der Waals surface area contributed by atoms with Gasteiger partial charge in [0.1, 0.15) is 12.1 Å². The van der Waals surface area contributed by atoms with Crippen molar-refractivity contribution in [2.45, 2.75) is 6.92 Å². The Morgan fingerprint density at radius 2 is 2.11 bits per heavy atom. The third-order valence-electron chi connectivity index (χ3n) is 2.47. The highest BCUT2D eigenvalue weighted by Gasteiger charge is 2.15. The van der Waals surface area contributed by atoms with Gasteiger partial charge in [-0.05, 0) is 25.1 Å². The average molecular weight is 261 g/mol. The largest absolute Gasteiger partial charge is 0.420 e. The first kappa shape index (κ1) is 12.7. The van der Waals surface area contributed by atoms with Crippen LogP contribution in [-0.2, 0) is 0 Å². The van der Waals surface area contributed by atoms with Crippen LogP contribution in [0.5, 0.6) is 5.75 Å². The number of carbonyl (C=O) groups excluding carboxylic acids is 1. The number of nitro groups is 1. The SMILES string of the molecule is CC1=CCN(C(=O)Oc2ccc([N+](=O)[O-])cc2)C=N1. The predicted octanol–water partition coefficient (Wildman–Crippen LogP) is 2.34. The first-order chi connectivity index (χ1) is 9.06. The molecule has 1 aromatic rings. The van der Waals surface area contributed by atoms with Crippen LogP contribution in [0.1, 0.15) is 6.92 Å². The molecular weight excluding hydrogens is 250 g/mol. The van der Waals surface area contributed by atoms with Crippen LogP contribution in [0.2, 0.25) is 0 Å². The molecule has 0 fully saturated rings. The number of nitrogens with zero attached hydrogens (tertiary/aromatic N) is 3. The van der Waals surface area contributed by atoms with Crippen LogP contribution in [0.3, 0.4) is 0 Å². The van der Waals surface area contributed by atoms with Gasteiger partial charge >= 0.3 is 6.09 Å². The summed E-state index contributed by atoms with van der Waals surface area (Å²) in [5.74, 6) is 0.246. The number of hydrogen-bond acceptors (Lipinski definition) is 5. The van der Waals surface area contributed by atoms with Crippen molar-refractivity contribution in [3.05, 3.63) is 46.2 Å². The second kappa shape index (κ2) is 5.30. The Bertz CT molecular complexity index is 563. The number of carbonyl (C=O) groups is 1. The first-order valence-electron chi connectivity index (χ1n) is 5.50. The van der Waals surface area contributed by atoms with Gasteiger partial charge in [0.05, 0.1) is 11.5 Å². The van der Waals surface area contributed by atoms with Crippen molar-refractivity contribution in [2.24, 2.45) is 4.99 Å². The van der Waals surface area contributed by atoms with Crippen molar-refractivity contribution < 1.29 is 14.5 Å². The normalized spacial score (nSPS) is 13.9.